The molecule has 0 heterocycles. The summed E-state index contributed by atoms with van der Waals surface area (Å²) in [5, 5.41) is 8.83. The summed E-state index contributed by atoms with van der Waals surface area (Å²) in [6, 6.07) is 7.79. The summed E-state index contributed by atoms with van der Waals surface area (Å²) >= 11 is 0. The highest BCUT2D eigenvalue weighted by molar-refractivity contribution is 5.40. The lowest BCUT2D eigenvalue weighted by Gasteiger charge is -2.07. The monoisotopic (exact) mass is 195 g/mol. The Hall–Kier alpha value is -1.02. The SMILES string of the molecule is CC.CC(CO)Cc1cccc(N)c1. The molecule has 0 aliphatic rings. The van der Waals surface area contributed by atoms with Gasteiger partial charge in [0.05, 0.1) is 0 Å². The Labute approximate surface area is 86.8 Å². The van der Waals surface area contributed by atoms with Gasteiger partial charge in [-0.15, -0.1) is 0 Å². The minimum Gasteiger partial charge on any atom is -0.399 e. The Morgan fingerprint density at radius 2 is 2.00 bits per heavy atom. The summed E-state index contributed by atoms with van der Waals surface area (Å²) in [6.45, 7) is 6.25. The van der Waals surface area contributed by atoms with Crippen molar-refractivity contribution in [3.05, 3.63) is 29.8 Å². The Balaban J connectivity index is 0.000000791. The lowest BCUT2D eigenvalue weighted by atomic mass is 10.0. The lowest BCUT2D eigenvalue weighted by Crippen LogP contribution is -2.04. The first kappa shape index (κ1) is 13.0. The van der Waals surface area contributed by atoms with Crippen molar-refractivity contribution >= 4 is 5.69 Å². The number of benzene rings is 1. The van der Waals surface area contributed by atoms with Crippen LogP contribution in [0.15, 0.2) is 24.3 Å². The minimum absolute atomic E-state index is 0.231. The molecule has 0 fully saturated rings. The van der Waals surface area contributed by atoms with E-state index in [2.05, 4.69) is 0 Å². The molecule has 0 aliphatic heterocycles. The molecule has 1 aromatic rings. The first-order valence-electron chi connectivity index (χ1n) is 5.17. The van der Waals surface area contributed by atoms with Gasteiger partial charge in [0, 0.05) is 12.3 Å². The zero-order chi connectivity index (χ0) is 11.0. The third kappa shape index (κ3) is 4.87. The standard InChI is InChI=1S/C10H15NO.C2H6/c1-8(7-12)5-9-3-2-4-10(11)6-9;1-2/h2-4,6,8,12H,5,7,11H2,1H3;1-2H3. The summed E-state index contributed by atoms with van der Waals surface area (Å²) in [6.07, 6.45) is 0.890. The Kier molecular flexibility index (Phi) is 6.85. The second-order valence-electron chi connectivity index (χ2n) is 3.24. The minimum atomic E-state index is 0.231. The largest absolute Gasteiger partial charge is 0.399 e. The van der Waals surface area contributed by atoms with Crippen LogP contribution >= 0.6 is 0 Å². The van der Waals surface area contributed by atoms with E-state index in [-0.39, 0.29) is 6.61 Å². The van der Waals surface area contributed by atoms with Gasteiger partial charge < -0.3 is 10.8 Å². The Morgan fingerprint density at radius 3 is 2.50 bits per heavy atom. The fraction of sp³-hybridized carbons (Fsp3) is 0.500. The van der Waals surface area contributed by atoms with E-state index in [1.807, 2.05) is 45.0 Å². The summed E-state index contributed by atoms with van der Waals surface area (Å²) in [4.78, 5) is 0. The van der Waals surface area contributed by atoms with E-state index in [0.29, 0.717) is 5.92 Å². The molecule has 14 heavy (non-hydrogen) atoms. The molecule has 0 amide bonds. The van der Waals surface area contributed by atoms with E-state index in [0.717, 1.165) is 12.1 Å². The van der Waals surface area contributed by atoms with Gasteiger partial charge in [0.25, 0.3) is 0 Å². The number of nitrogen functional groups attached to an aromatic ring is 1. The molecule has 1 aromatic carbocycles. The van der Waals surface area contributed by atoms with Crippen molar-refractivity contribution in [2.45, 2.75) is 27.2 Å². The van der Waals surface area contributed by atoms with Crippen molar-refractivity contribution in [3.8, 4) is 0 Å². The molecule has 1 rings (SSSR count). The highest BCUT2D eigenvalue weighted by Gasteiger charge is 2.01. The maximum atomic E-state index is 8.83. The molecule has 1 atom stereocenters. The fourth-order valence-electron chi connectivity index (χ4n) is 1.19. The quantitative estimate of drug-likeness (QED) is 0.728. The molecule has 0 saturated heterocycles. The summed E-state index contributed by atoms with van der Waals surface area (Å²) < 4.78 is 0. The maximum absolute atomic E-state index is 8.83. The molecule has 0 saturated carbocycles. The van der Waals surface area contributed by atoms with E-state index < -0.39 is 0 Å². The number of rotatable bonds is 3. The van der Waals surface area contributed by atoms with Crippen LogP contribution in [-0.2, 0) is 6.42 Å². The third-order valence-electron chi connectivity index (χ3n) is 1.85. The molecule has 0 aliphatic carbocycles. The number of aliphatic hydroxyl groups is 1. The van der Waals surface area contributed by atoms with Crippen LogP contribution < -0.4 is 5.73 Å². The first-order valence-corrected chi connectivity index (χ1v) is 5.17. The summed E-state index contributed by atoms with van der Waals surface area (Å²) in [5.74, 6) is 0.312. The molecular weight excluding hydrogens is 174 g/mol. The van der Waals surface area contributed by atoms with E-state index in [4.69, 9.17) is 10.8 Å². The predicted octanol–water partition coefficient (Wildman–Crippen LogP) is 2.47. The van der Waals surface area contributed by atoms with Gasteiger partial charge >= 0.3 is 0 Å². The Bertz CT molecular complexity index is 248. The second-order valence-corrected chi connectivity index (χ2v) is 3.24. The molecule has 3 N–H and O–H groups in total. The van der Waals surface area contributed by atoms with Crippen LogP contribution in [-0.4, -0.2) is 11.7 Å². The van der Waals surface area contributed by atoms with Crippen LogP contribution in [0.1, 0.15) is 26.3 Å². The molecule has 0 radical (unpaired) electrons. The lowest BCUT2D eigenvalue weighted by molar-refractivity contribution is 0.237. The van der Waals surface area contributed by atoms with Crippen molar-refractivity contribution in [2.24, 2.45) is 5.92 Å². The first-order chi connectivity index (χ1) is 6.72. The zero-order valence-corrected chi connectivity index (χ0v) is 9.33. The predicted molar refractivity (Wildman–Crippen MR) is 62.2 cm³/mol. The van der Waals surface area contributed by atoms with Crippen molar-refractivity contribution in [1.29, 1.82) is 0 Å². The van der Waals surface area contributed by atoms with Crippen LogP contribution in [0, 0.1) is 5.92 Å². The van der Waals surface area contributed by atoms with E-state index in [1.54, 1.807) is 0 Å². The highest BCUT2D eigenvalue weighted by atomic mass is 16.3. The number of nitrogens with two attached hydrogens (primary N) is 1. The van der Waals surface area contributed by atoms with Crippen LogP contribution in [0.3, 0.4) is 0 Å². The van der Waals surface area contributed by atoms with E-state index in [1.165, 1.54) is 5.56 Å². The third-order valence-corrected chi connectivity index (χ3v) is 1.85. The van der Waals surface area contributed by atoms with Crippen LogP contribution in [0.25, 0.3) is 0 Å². The van der Waals surface area contributed by atoms with Gasteiger partial charge in [-0.1, -0.05) is 32.9 Å². The Morgan fingerprint density at radius 1 is 1.36 bits per heavy atom. The average molecular weight is 195 g/mol. The number of anilines is 1. The van der Waals surface area contributed by atoms with Crippen LogP contribution in [0.2, 0.25) is 0 Å². The molecular formula is C12H21NO. The van der Waals surface area contributed by atoms with Gasteiger partial charge in [-0.05, 0) is 30.0 Å². The van der Waals surface area contributed by atoms with Gasteiger partial charge in [0.1, 0.15) is 0 Å². The zero-order valence-electron chi connectivity index (χ0n) is 9.33. The number of aliphatic hydroxyl groups excluding tert-OH is 1. The molecule has 0 aromatic heterocycles. The average Bonchev–Trinajstić information content (AvgIpc) is 2.21. The summed E-state index contributed by atoms with van der Waals surface area (Å²) in [5.41, 5.74) is 7.59. The van der Waals surface area contributed by atoms with E-state index >= 15 is 0 Å². The number of hydrogen-bond acceptors (Lipinski definition) is 2. The van der Waals surface area contributed by atoms with Crippen molar-refractivity contribution in [1.82, 2.24) is 0 Å². The molecule has 80 valence electrons. The highest BCUT2D eigenvalue weighted by Crippen LogP contribution is 2.11. The maximum Gasteiger partial charge on any atom is 0.0459 e. The number of hydrogen-bond donors (Lipinski definition) is 2. The van der Waals surface area contributed by atoms with Crippen molar-refractivity contribution in [3.63, 3.8) is 0 Å². The molecule has 2 heteroatoms. The van der Waals surface area contributed by atoms with Gasteiger partial charge in [-0.25, -0.2) is 0 Å². The second kappa shape index (κ2) is 7.39. The van der Waals surface area contributed by atoms with Gasteiger partial charge in [0.15, 0.2) is 0 Å². The van der Waals surface area contributed by atoms with Crippen LogP contribution in [0.5, 0.6) is 0 Å². The molecule has 1 unspecified atom stereocenters. The molecule has 0 spiro atoms. The molecule has 2 nitrogen and oxygen atoms in total. The van der Waals surface area contributed by atoms with Gasteiger partial charge in [-0.3, -0.25) is 0 Å². The normalized spacial score (nSPS) is 11.4. The fourth-order valence-corrected chi connectivity index (χ4v) is 1.19. The summed E-state index contributed by atoms with van der Waals surface area (Å²) in [7, 11) is 0. The topological polar surface area (TPSA) is 46.2 Å². The van der Waals surface area contributed by atoms with E-state index in [9.17, 15) is 0 Å². The van der Waals surface area contributed by atoms with Gasteiger partial charge in [-0.2, -0.15) is 0 Å². The smallest absolute Gasteiger partial charge is 0.0459 e. The van der Waals surface area contributed by atoms with Crippen molar-refractivity contribution < 1.29 is 5.11 Å². The van der Waals surface area contributed by atoms with Crippen molar-refractivity contribution in [2.75, 3.05) is 12.3 Å². The molecule has 0 bridgehead atoms. The van der Waals surface area contributed by atoms with Crippen LogP contribution in [0.4, 0.5) is 5.69 Å². The van der Waals surface area contributed by atoms with Gasteiger partial charge in [0.2, 0.25) is 0 Å².